The number of para-hydroxylation sites is 1. The van der Waals surface area contributed by atoms with Gasteiger partial charge in [0.25, 0.3) is 0 Å². The predicted octanol–water partition coefficient (Wildman–Crippen LogP) is 2.96. The third kappa shape index (κ3) is 2.76. The van der Waals surface area contributed by atoms with Gasteiger partial charge in [0.2, 0.25) is 0 Å². The summed E-state index contributed by atoms with van der Waals surface area (Å²) in [6.07, 6.45) is 2.63. The number of anilines is 1. The van der Waals surface area contributed by atoms with Gasteiger partial charge in [-0.25, -0.2) is 0 Å². The molecule has 0 heterocycles. The van der Waals surface area contributed by atoms with Gasteiger partial charge in [-0.3, -0.25) is 0 Å². The molecule has 1 fully saturated rings. The van der Waals surface area contributed by atoms with Gasteiger partial charge in [0.15, 0.2) is 0 Å². The fourth-order valence-corrected chi connectivity index (χ4v) is 2.38. The van der Waals surface area contributed by atoms with Crippen LogP contribution in [0.15, 0.2) is 24.3 Å². The Hall–Kier alpha value is -1.02. The van der Waals surface area contributed by atoms with Crippen LogP contribution < -0.4 is 5.32 Å². The molecule has 1 saturated carbocycles. The summed E-state index contributed by atoms with van der Waals surface area (Å²) in [5.41, 5.74) is 2.71. The quantitative estimate of drug-likeness (QED) is 0.836. The number of nitrogens with one attached hydrogen (secondary N) is 1. The van der Waals surface area contributed by atoms with Gasteiger partial charge in [0, 0.05) is 18.3 Å². The summed E-state index contributed by atoms with van der Waals surface area (Å²) in [6, 6.07) is 9.33. The Labute approximate surface area is 98.7 Å². The molecule has 2 nitrogen and oxygen atoms in total. The Kier molecular flexibility index (Phi) is 3.49. The van der Waals surface area contributed by atoms with Gasteiger partial charge in [-0.05, 0) is 44.5 Å². The zero-order valence-electron chi connectivity index (χ0n) is 10.5. The van der Waals surface area contributed by atoms with E-state index in [1.165, 1.54) is 24.1 Å². The van der Waals surface area contributed by atoms with Crippen molar-refractivity contribution in [2.24, 2.45) is 5.92 Å². The van der Waals surface area contributed by atoms with Crippen LogP contribution in [0.1, 0.15) is 25.3 Å². The van der Waals surface area contributed by atoms with Crippen LogP contribution in [0.3, 0.4) is 0 Å². The van der Waals surface area contributed by atoms with Crippen molar-refractivity contribution in [2.75, 3.05) is 19.4 Å². The third-order valence-corrected chi connectivity index (χ3v) is 3.24. The van der Waals surface area contributed by atoms with Crippen molar-refractivity contribution < 1.29 is 0 Å². The number of benzene rings is 1. The van der Waals surface area contributed by atoms with Crippen molar-refractivity contribution in [1.29, 1.82) is 0 Å². The van der Waals surface area contributed by atoms with Gasteiger partial charge in [-0.2, -0.15) is 0 Å². The van der Waals surface area contributed by atoms with E-state index in [4.69, 9.17) is 0 Å². The maximum Gasteiger partial charge on any atom is 0.0388 e. The topological polar surface area (TPSA) is 15.3 Å². The van der Waals surface area contributed by atoms with Crippen molar-refractivity contribution >= 4 is 5.69 Å². The first kappa shape index (κ1) is 11.5. The van der Waals surface area contributed by atoms with Crippen molar-refractivity contribution in [3.8, 4) is 0 Å². The first-order chi connectivity index (χ1) is 7.65. The number of rotatable bonds is 4. The van der Waals surface area contributed by atoms with E-state index in [-0.39, 0.29) is 0 Å². The SMILES string of the molecule is CC1CC(Nc2ccccc2CN(C)C)C1. The van der Waals surface area contributed by atoms with Crippen molar-refractivity contribution in [1.82, 2.24) is 4.90 Å². The molecule has 0 spiro atoms. The van der Waals surface area contributed by atoms with Crippen molar-refractivity contribution in [2.45, 2.75) is 32.4 Å². The van der Waals surface area contributed by atoms with Crippen molar-refractivity contribution in [3.63, 3.8) is 0 Å². The highest BCUT2D eigenvalue weighted by Gasteiger charge is 2.25. The summed E-state index contributed by atoms with van der Waals surface area (Å²) in [5, 5.41) is 3.66. The Morgan fingerprint density at radius 2 is 1.94 bits per heavy atom. The molecule has 0 saturated heterocycles. The summed E-state index contributed by atoms with van der Waals surface area (Å²) in [7, 11) is 4.23. The van der Waals surface area contributed by atoms with Gasteiger partial charge < -0.3 is 10.2 Å². The maximum absolute atomic E-state index is 3.66. The third-order valence-electron chi connectivity index (χ3n) is 3.24. The van der Waals surface area contributed by atoms with Crippen LogP contribution in [0.4, 0.5) is 5.69 Å². The second kappa shape index (κ2) is 4.88. The van der Waals surface area contributed by atoms with Gasteiger partial charge in [-0.15, -0.1) is 0 Å². The van der Waals surface area contributed by atoms with Crippen LogP contribution in [-0.2, 0) is 6.54 Å². The van der Waals surface area contributed by atoms with E-state index in [1.54, 1.807) is 0 Å². The summed E-state index contributed by atoms with van der Waals surface area (Å²) in [6.45, 7) is 3.33. The number of hydrogen-bond acceptors (Lipinski definition) is 2. The van der Waals surface area contributed by atoms with E-state index in [9.17, 15) is 0 Å². The first-order valence-electron chi connectivity index (χ1n) is 6.14. The lowest BCUT2D eigenvalue weighted by atomic mass is 9.81. The molecule has 1 N–H and O–H groups in total. The molecule has 2 heteroatoms. The molecule has 0 unspecified atom stereocenters. The fourth-order valence-electron chi connectivity index (χ4n) is 2.38. The molecule has 0 aliphatic heterocycles. The van der Waals surface area contributed by atoms with Crippen LogP contribution in [0.5, 0.6) is 0 Å². The lowest BCUT2D eigenvalue weighted by Gasteiger charge is -2.34. The van der Waals surface area contributed by atoms with Gasteiger partial charge in [0.05, 0.1) is 0 Å². The summed E-state index contributed by atoms with van der Waals surface area (Å²) in [4.78, 5) is 2.21. The molecular weight excluding hydrogens is 196 g/mol. The molecule has 0 atom stereocenters. The molecule has 0 amide bonds. The second-order valence-corrected chi connectivity index (χ2v) is 5.31. The Bertz CT molecular complexity index is 340. The Morgan fingerprint density at radius 3 is 2.56 bits per heavy atom. The number of nitrogens with zero attached hydrogens (tertiary/aromatic N) is 1. The average Bonchev–Trinajstić information content (AvgIpc) is 2.17. The van der Waals surface area contributed by atoms with Gasteiger partial charge in [0.1, 0.15) is 0 Å². The molecule has 1 aliphatic carbocycles. The minimum atomic E-state index is 0.693. The molecule has 16 heavy (non-hydrogen) atoms. The van der Waals surface area contributed by atoms with Crippen LogP contribution in [-0.4, -0.2) is 25.0 Å². The maximum atomic E-state index is 3.66. The highest BCUT2D eigenvalue weighted by molar-refractivity contribution is 5.52. The first-order valence-corrected chi connectivity index (χ1v) is 6.14. The van der Waals surface area contributed by atoms with Crippen LogP contribution in [0.25, 0.3) is 0 Å². The largest absolute Gasteiger partial charge is 0.382 e. The van der Waals surface area contributed by atoms with Crippen molar-refractivity contribution in [3.05, 3.63) is 29.8 Å². The van der Waals surface area contributed by atoms with E-state index < -0.39 is 0 Å². The van der Waals surface area contributed by atoms with Crippen LogP contribution >= 0.6 is 0 Å². The second-order valence-electron chi connectivity index (χ2n) is 5.31. The Balaban J connectivity index is 2.01. The smallest absolute Gasteiger partial charge is 0.0388 e. The zero-order chi connectivity index (χ0) is 11.5. The van der Waals surface area contributed by atoms with E-state index in [2.05, 4.69) is 55.5 Å². The van der Waals surface area contributed by atoms with Gasteiger partial charge >= 0.3 is 0 Å². The molecule has 1 aromatic carbocycles. The standard InChI is InChI=1S/C14H22N2/c1-11-8-13(9-11)15-14-7-5-4-6-12(14)10-16(2)3/h4-7,11,13,15H,8-10H2,1-3H3. The highest BCUT2D eigenvalue weighted by Crippen LogP contribution is 2.30. The number of hydrogen-bond donors (Lipinski definition) is 1. The lowest BCUT2D eigenvalue weighted by molar-refractivity contribution is 0.308. The zero-order valence-corrected chi connectivity index (χ0v) is 10.5. The molecular formula is C14H22N2. The molecule has 1 aromatic rings. The normalized spacial score (nSPS) is 24.2. The van der Waals surface area contributed by atoms with E-state index in [0.29, 0.717) is 6.04 Å². The van der Waals surface area contributed by atoms with Crippen LogP contribution in [0, 0.1) is 5.92 Å². The minimum absolute atomic E-state index is 0.693. The lowest BCUT2D eigenvalue weighted by Crippen LogP contribution is -2.34. The molecule has 0 aromatic heterocycles. The molecule has 0 radical (unpaired) electrons. The van der Waals surface area contributed by atoms with E-state index in [1.807, 2.05) is 0 Å². The van der Waals surface area contributed by atoms with E-state index >= 15 is 0 Å². The molecule has 1 aliphatic rings. The monoisotopic (exact) mass is 218 g/mol. The highest BCUT2D eigenvalue weighted by atomic mass is 15.1. The average molecular weight is 218 g/mol. The summed E-state index contributed by atoms with van der Waals surface area (Å²) >= 11 is 0. The fraction of sp³-hybridized carbons (Fsp3) is 0.571. The predicted molar refractivity (Wildman–Crippen MR) is 69.6 cm³/mol. The molecule has 2 rings (SSSR count). The summed E-state index contributed by atoms with van der Waals surface area (Å²) in [5.74, 6) is 0.901. The molecule has 88 valence electrons. The van der Waals surface area contributed by atoms with Crippen LogP contribution in [0.2, 0.25) is 0 Å². The summed E-state index contributed by atoms with van der Waals surface area (Å²) < 4.78 is 0. The van der Waals surface area contributed by atoms with E-state index in [0.717, 1.165) is 12.5 Å². The molecule has 0 bridgehead atoms. The van der Waals surface area contributed by atoms with Gasteiger partial charge in [-0.1, -0.05) is 25.1 Å². The minimum Gasteiger partial charge on any atom is -0.382 e. The Morgan fingerprint density at radius 1 is 1.25 bits per heavy atom.